The van der Waals surface area contributed by atoms with E-state index in [9.17, 15) is 10.1 Å². The van der Waals surface area contributed by atoms with E-state index in [4.69, 9.17) is 17.0 Å². The van der Waals surface area contributed by atoms with Gasteiger partial charge in [-0.25, -0.2) is 0 Å². The Bertz CT molecular complexity index is 661. The van der Waals surface area contributed by atoms with Crippen molar-refractivity contribution in [2.45, 2.75) is 0 Å². The average molecular weight is 266 g/mol. The largest absolute Gasteiger partial charge is 0.490 e. The van der Waals surface area contributed by atoms with Gasteiger partial charge >= 0.3 is 5.69 Å². The van der Waals surface area contributed by atoms with Crippen molar-refractivity contribution < 1.29 is 9.66 Å². The molecular formula is C10H10N4O3S. The predicted molar refractivity (Wildman–Crippen MR) is 67.0 cm³/mol. The van der Waals surface area contributed by atoms with Crippen LogP contribution in [0.2, 0.25) is 0 Å². The summed E-state index contributed by atoms with van der Waals surface area (Å²) in [7, 11) is 3.10. The lowest BCUT2D eigenvalue weighted by atomic mass is 10.1. The Hall–Kier alpha value is -2.22. The third-order valence-corrected chi connectivity index (χ3v) is 2.88. The maximum atomic E-state index is 10.9. The number of hydrogen-bond donors (Lipinski definition) is 1. The number of aromatic nitrogens is 3. The average Bonchev–Trinajstić information content (AvgIpc) is 2.69. The van der Waals surface area contributed by atoms with Gasteiger partial charge in [0, 0.05) is 13.1 Å². The van der Waals surface area contributed by atoms with Crippen molar-refractivity contribution >= 4 is 17.9 Å². The normalized spacial score (nSPS) is 10.3. The summed E-state index contributed by atoms with van der Waals surface area (Å²) in [6, 6.07) is 4.65. The minimum atomic E-state index is -0.496. The molecule has 0 spiro atoms. The highest BCUT2D eigenvalue weighted by Crippen LogP contribution is 2.36. The van der Waals surface area contributed by atoms with E-state index < -0.39 is 4.92 Å². The lowest BCUT2D eigenvalue weighted by Gasteiger charge is -2.07. The fraction of sp³-hybridized carbons (Fsp3) is 0.200. The van der Waals surface area contributed by atoms with Crippen LogP contribution in [-0.2, 0) is 7.05 Å². The van der Waals surface area contributed by atoms with E-state index in [0.717, 1.165) is 0 Å². The minimum Gasteiger partial charge on any atom is -0.490 e. The number of hydrogen-bond acceptors (Lipinski definition) is 5. The summed E-state index contributed by atoms with van der Waals surface area (Å²) in [6.07, 6.45) is 0. The molecule has 0 saturated carbocycles. The van der Waals surface area contributed by atoms with Gasteiger partial charge < -0.3 is 9.30 Å². The Labute approximate surface area is 107 Å². The number of para-hydroxylation sites is 1. The molecule has 18 heavy (non-hydrogen) atoms. The van der Waals surface area contributed by atoms with Crippen molar-refractivity contribution in [3.63, 3.8) is 0 Å². The van der Waals surface area contributed by atoms with Gasteiger partial charge in [-0.15, -0.1) is 0 Å². The van der Waals surface area contributed by atoms with Crippen molar-refractivity contribution in [1.29, 1.82) is 0 Å². The number of nitrogens with zero attached hydrogens (tertiary/aromatic N) is 3. The SMILES string of the molecule is COc1c(-c2n[nH]c(=S)n2C)cccc1[N+](=O)[O-]. The van der Waals surface area contributed by atoms with E-state index in [1.807, 2.05) is 0 Å². The number of benzene rings is 1. The van der Waals surface area contributed by atoms with Gasteiger partial charge in [-0.2, -0.15) is 5.10 Å². The Morgan fingerprint density at radius 1 is 1.56 bits per heavy atom. The van der Waals surface area contributed by atoms with Crippen LogP contribution in [0.5, 0.6) is 5.75 Å². The molecule has 1 N–H and O–H groups in total. The van der Waals surface area contributed by atoms with E-state index in [0.29, 0.717) is 16.2 Å². The van der Waals surface area contributed by atoms with E-state index in [1.54, 1.807) is 23.7 Å². The summed E-state index contributed by atoms with van der Waals surface area (Å²) in [4.78, 5) is 10.4. The van der Waals surface area contributed by atoms with Crippen molar-refractivity contribution in [2.24, 2.45) is 7.05 Å². The molecule has 8 heteroatoms. The maximum absolute atomic E-state index is 10.9. The Balaban J connectivity index is 2.72. The molecule has 0 atom stereocenters. The summed E-state index contributed by atoms with van der Waals surface area (Å²) in [5.41, 5.74) is 0.408. The molecule has 0 aliphatic heterocycles. The topological polar surface area (TPSA) is 86.0 Å². The third kappa shape index (κ3) is 1.86. The molecule has 1 heterocycles. The van der Waals surface area contributed by atoms with Crippen LogP contribution in [-0.4, -0.2) is 26.8 Å². The first kappa shape index (κ1) is 12.2. The highest BCUT2D eigenvalue weighted by Gasteiger charge is 2.21. The molecule has 2 aromatic rings. The molecule has 0 radical (unpaired) electrons. The van der Waals surface area contributed by atoms with Crippen LogP contribution < -0.4 is 4.74 Å². The summed E-state index contributed by atoms with van der Waals surface area (Å²) in [5.74, 6) is 0.653. The van der Waals surface area contributed by atoms with Gasteiger partial charge in [0.25, 0.3) is 0 Å². The molecule has 0 bridgehead atoms. The number of aromatic amines is 1. The second-order valence-corrected chi connectivity index (χ2v) is 3.91. The van der Waals surface area contributed by atoms with Crippen LogP contribution in [0.4, 0.5) is 5.69 Å². The highest BCUT2D eigenvalue weighted by atomic mass is 32.1. The Kier molecular flexibility index (Phi) is 3.11. The fourth-order valence-electron chi connectivity index (χ4n) is 1.65. The van der Waals surface area contributed by atoms with Gasteiger partial charge in [0.1, 0.15) is 0 Å². The molecule has 0 saturated heterocycles. The number of nitro groups is 1. The highest BCUT2D eigenvalue weighted by molar-refractivity contribution is 7.71. The zero-order valence-electron chi connectivity index (χ0n) is 9.71. The molecular weight excluding hydrogens is 256 g/mol. The van der Waals surface area contributed by atoms with Gasteiger partial charge in [-0.05, 0) is 18.3 Å². The van der Waals surface area contributed by atoms with Crippen molar-refractivity contribution in [2.75, 3.05) is 7.11 Å². The number of ether oxygens (including phenoxy) is 1. The zero-order valence-corrected chi connectivity index (χ0v) is 10.5. The molecule has 0 unspecified atom stereocenters. The maximum Gasteiger partial charge on any atom is 0.311 e. The van der Waals surface area contributed by atoms with Crippen LogP contribution in [0.25, 0.3) is 11.4 Å². The van der Waals surface area contributed by atoms with E-state index in [2.05, 4.69) is 10.2 Å². The summed E-state index contributed by atoms with van der Waals surface area (Å²) >= 11 is 5.01. The molecule has 1 aromatic heterocycles. The van der Waals surface area contributed by atoms with Crippen molar-refractivity contribution in [1.82, 2.24) is 14.8 Å². The molecule has 0 aliphatic carbocycles. The lowest BCUT2D eigenvalue weighted by Crippen LogP contribution is -1.99. The molecule has 1 aromatic carbocycles. The van der Waals surface area contributed by atoms with E-state index in [-0.39, 0.29) is 11.4 Å². The van der Waals surface area contributed by atoms with Gasteiger partial charge in [0.2, 0.25) is 5.75 Å². The lowest BCUT2D eigenvalue weighted by molar-refractivity contribution is -0.385. The van der Waals surface area contributed by atoms with Crippen LogP contribution >= 0.6 is 12.2 Å². The minimum absolute atomic E-state index is 0.107. The van der Waals surface area contributed by atoms with Crippen LogP contribution in [0.1, 0.15) is 0 Å². The number of methoxy groups -OCH3 is 1. The Morgan fingerprint density at radius 3 is 2.78 bits per heavy atom. The second-order valence-electron chi connectivity index (χ2n) is 3.53. The summed E-state index contributed by atoms with van der Waals surface area (Å²) in [6.45, 7) is 0. The first-order valence-corrected chi connectivity index (χ1v) is 5.40. The smallest absolute Gasteiger partial charge is 0.311 e. The van der Waals surface area contributed by atoms with Crippen LogP contribution in [0, 0.1) is 14.9 Å². The second kappa shape index (κ2) is 4.57. The fourth-order valence-corrected chi connectivity index (χ4v) is 1.78. The molecule has 2 rings (SSSR count). The number of rotatable bonds is 3. The van der Waals surface area contributed by atoms with Gasteiger partial charge in [-0.1, -0.05) is 6.07 Å². The Morgan fingerprint density at radius 2 is 2.28 bits per heavy atom. The first-order valence-electron chi connectivity index (χ1n) is 4.99. The standard InChI is InChI=1S/C10H10N4O3S/c1-13-9(11-12-10(13)18)6-4-3-5-7(14(15)16)8(6)17-2/h3-5H,1-2H3,(H,12,18). The van der Waals surface area contributed by atoms with Gasteiger partial charge in [0.05, 0.1) is 17.6 Å². The molecule has 0 amide bonds. The van der Waals surface area contributed by atoms with Gasteiger partial charge in [-0.3, -0.25) is 15.2 Å². The zero-order chi connectivity index (χ0) is 13.3. The summed E-state index contributed by atoms with van der Waals surface area (Å²) < 4.78 is 7.16. The number of nitro benzene ring substituents is 1. The molecule has 94 valence electrons. The monoisotopic (exact) mass is 266 g/mol. The number of H-pyrrole nitrogens is 1. The third-order valence-electron chi connectivity index (χ3n) is 2.52. The van der Waals surface area contributed by atoms with E-state index >= 15 is 0 Å². The number of nitrogens with one attached hydrogen (secondary N) is 1. The van der Waals surface area contributed by atoms with Crippen LogP contribution in [0.3, 0.4) is 0 Å². The van der Waals surface area contributed by atoms with Gasteiger partial charge in [0.15, 0.2) is 10.6 Å². The quantitative estimate of drug-likeness (QED) is 0.522. The molecule has 7 nitrogen and oxygen atoms in total. The molecule has 0 fully saturated rings. The van der Waals surface area contributed by atoms with Crippen LogP contribution in [0.15, 0.2) is 18.2 Å². The van der Waals surface area contributed by atoms with Crippen molar-refractivity contribution in [3.05, 3.63) is 33.1 Å². The first-order chi connectivity index (χ1) is 8.56. The van der Waals surface area contributed by atoms with E-state index in [1.165, 1.54) is 13.2 Å². The predicted octanol–water partition coefficient (Wildman–Crippen LogP) is 2.06. The summed E-state index contributed by atoms with van der Waals surface area (Å²) in [5, 5.41) is 17.6. The van der Waals surface area contributed by atoms with Crippen molar-refractivity contribution in [3.8, 4) is 17.1 Å². The molecule has 0 aliphatic rings.